The topological polar surface area (TPSA) is 257 Å². The van der Waals surface area contributed by atoms with Crippen molar-refractivity contribution in [2.24, 2.45) is 17.2 Å². The predicted molar refractivity (Wildman–Crippen MR) is 140 cm³/mol. The lowest BCUT2D eigenvalue weighted by Crippen LogP contribution is -2.57. The number of nitrogens with two attached hydrogens (primary N) is 3. The van der Waals surface area contributed by atoms with Crippen molar-refractivity contribution in [2.75, 3.05) is 6.54 Å². The summed E-state index contributed by atoms with van der Waals surface area (Å²) in [5.41, 5.74) is 17.1. The van der Waals surface area contributed by atoms with Crippen LogP contribution in [0.15, 0.2) is 30.3 Å². The maximum Gasteiger partial charge on any atom is 0.326 e. The molecular formula is C25H38N6O8. The van der Waals surface area contributed by atoms with E-state index in [1.54, 1.807) is 30.3 Å². The SMILES string of the molecule is NCCCCC(NC(=O)C(Cc1ccccc1)NC(=O)C(CCC(N)=O)NC(=O)C(N)CCC(=O)O)C(=O)O. The summed E-state index contributed by atoms with van der Waals surface area (Å²) >= 11 is 0. The molecule has 4 amide bonds. The van der Waals surface area contributed by atoms with Gasteiger partial charge in [-0.2, -0.15) is 0 Å². The summed E-state index contributed by atoms with van der Waals surface area (Å²) in [5.74, 6) is -5.55. The number of nitrogens with one attached hydrogen (secondary N) is 3. The van der Waals surface area contributed by atoms with Crippen LogP contribution < -0.4 is 33.2 Å². The first kappa shape index (κ1) is 33.0. The monoisotopic (exact) mass is 550 g/mol. The molecule has 0 aliphatic rings. The number of benzene rings is 1. The maximum atomic E-state index is 13.2. The molecule has 0 aliphatic carbocycles. The third-order valence-corrected chi connectivity index (χ3v) is 5.80. The Balaban J connectivity index is 3.10. The molecule has 0 saturated carbocycles. The first-order valence-electron chi connectivity index (χ1n) is 12.6. The number of primary amides is 1. The van der Waals surface area contributed by atoms with E-state index in [-0.39, 0.29) is 38.5 Å². The van der Waals surface area contributed by atoms with E-state index in [2.05, 4.69) is 16.0 Å². The van der Waals surface area contributed by atoms with Crippen LogP contribution in [0.25, 0.3) is 0 Å². The number of carboxylic acids is 2. The van der Waals surface area contributed by atoms with Crippen molar-refractivity contribution in [3.8, 4) is 0 Å². The first-order valence-corrected chi connectivity index (χ1v) is 12.6. The number of carbonyl (C=O) groups is 6. The van der Waals surface area contributed by atoms with E-state index in [9.17, 15) is 33.9 Å². The van der Waals surface area contributed by atoms with E-state index in [1.807, 2.05) is 0 Å². The van der Waals surface area contributed by atoms with Gasteiger partial charge in [0.05, 0.1) is 6.04 Å². The molecule has 1 aromatic carbocycles. The Kier molecular flexibility index (Phi) is 14.8. The van der Waals surface area contributed by atoms with Gasteiger partial charge >= 0.3 is 11.9 Å². The molecule has 0 fully saturated rings. The van der Waals surface area contributed by atoms with E-state index in [0.717, 1.165) is 0 Å². The normalized spacial score (nSPS) is 13.8. The van der Waals surface area contributed by atoms with Crippen LogP contribution in [-0.4, -0.2) is 76.5 Å². The number of rotatable bonds is 19. The molecule has 14 heteroatoms. The minimum Gasteiger partial charge on any atom is -0.481 e. The van der Waals surface area contributed by atoms with Crippen molar-refractivity contribution in [2.45, 2.75) is 75.5 Å². The van der Waals surface area contributed by atoms with Gasteiger partial charge < -0.3 is 43.4 Å². The van der Waals surface area contributed by atoms with Crippen molar-refractivity contribution in [1.82, 2.24) is 16.0 Å². The summed E-state index contributed by atoms with van der Waals surface area (Å²) in [6, 6.07) is 3.65. The second-order valence-corrected chi connectivity index (χ2v) is 9.04. The third kappa shape index (κ3) is 13.4. The van der Waals surface area contributed by atoms with Crippen molar-refractivity contribution in [3.63, 3.8) is 0 Å². The minimum absolute atomic E-state index is 0.00215. The van der Waals surface area contributed by atoms with Gasteiger partial charge in [-0.15, -0.1) is 0 Å². The first-order chi connectivity index (χ1) is 18.4. The van der Waals surface area contributed by atoms with Gasteiger partial charge in [0.1, 0.15) is 18.1 Å². The highest BCUT2D eigenvalue weighted by atomic mass is 16.4. The standard InChI is InChI=1S/C25H38N6O8/c26-13-5-4-8-18(25(38)39)30-24(37)19(14-15-6-2-1-3-7-15)31-23(36)17(10-11-20(28)32)29-22(35)16(27)9-12-21(33)34/h1-3,6-7,16-19H,4-5,8-14,26-27H2,(H2,28,32)(H,29,35)(H,30,37)(H,31,36)(H,33,34)(H,38,39). The van der Waals surface area contributed by atoms with Crippen molar-refractivity contribution >= 4 is 35.6 Å². The van der Waals surface area contributed by atoms with Crippen molar-refractivity contribution in [3.05, 3.63) is 35.9 Å². The lowest BCUT2D eigenvalue weighted by Gasteiger charge is -2.25. The van der Waals surface area contributed by atoms with Gasteiger partial charge in [0, 0.05) is 19.3 Å². The Morgan fingerprint density at radius 2 is 1.33 bits per heavy atom. The van der Waals surface area contributed by atoms with E-state index in [4.69, 9.17) is 22.3 Å². The summed E-state index contributed by atoms with van der Waals surface area (Å²) < 4.78 is 0. The third-order valence-electron chi connectivity index (χ3n) is 5.80. The van der Waals surface area contributed by atoms with E-state index in [0.29, 0.717) is 24.9 Å². The molecule has 0 saturated heterocycles. The van der Waals surface area contributed by atoms with Crippen LogP contribution in [0.3, 0.4) is 0 Å². The van der Waals surface area contributed by atoms with Gasteiger partial charge in [-0.05, 0) is 44.2 Å². The molecule has 4 unspecified atom stereocenters. The highest BCUT2D eigenvalue weighted by Gasteiger charge is 2.30. The molecule has 14 nitrogen and oxygen atoms in total. The van der Waals surface area contributed by atoms with Crippen LogP contribution in [0.4, 0.5) is 0 Å². The summed E-state index contributed by atoms with van der Waals surface area (Å²) in [6.07, 6.45) is 0.118. The highest BCUT2D eigenvalue weighted by Crippen LogP contribution is 2.08. The molecule has 39 heavy (non-hydrogen) atoms. The van der Waals surface area contributed by atoms with Crippen LogP contribution >= 0.6 is 0 Å². The Morgan fingerprint density at radius 3 is 1.90 bits per heavy atom. The van der Waals surface area contributed by atoms with Gasteiger partial charge in [0.2, 0.25) is 23.6 Å². The second kappa shape index (κ2) is 17.5. The fourth-order valence-electron chi connectivity index (χ4n) is 3.60. The van der Waals surface area contributed by atoms with Gasteiger partial charge in [-0.25, -0.2) is 4.79 Å². The van der Waals surface area contributed by atoms with Crippen LogP contribution in [0.5, 0.6) is 0 Å². The number of amides is 4. The molecule has 0 heterocycles. The molecule has 0 aliphatic heterocycles. The average Bonchev–Trinajstić information content (AvgIpc) is 2.88. The van der Waals surface area contributed by atoms with Crippen LogP contribution in [-0.2, 0) is 35.2 Å². The zero-order valence-electron chi connectivity index (χ0n) is 21.6. The molecule has 216 valence electrons. The van der Waals surface area contributed by atoms with Crippen molar-refractivity contribution in [1.29, 1.82) is 0 Å². The number of unbranched alkanes of at least 4 members (excludes halogenated alkanes) is 1. The van der Waals surface area contributed by atoms with Crippen LogP contribution in [0, 0.1) is 0 Å². The number of hydrogen-bond donors (Lipinski definition) is 8. The summed E-state index contributed by atoms with van der Waals surface area (Å²) in [4.78, 5) is 72.7. The van der Waals surface area contributed by atoms with Gasteiger partial charge in [0.25, 0.3) is 0 Å². The average molecular weight is 551 g/mol. The predicted octanol–water partition coefficient (Wildman–Crippen LogP) is -1.65. The fraction of sp³-hybridized carbons (Fsp3) is 0.520. The summed E-state index contributed by atoms with van der Waals surface area (Å²) in [7, 11) is 0. The van der Waals surface area contributed by atoms with Crippen molar-refractivity contribution < 1.29 is 39.0 Å². The molecule has 4 atom stereocenters. The van der Waals surface area contributed by atoms with Gasteiger partial charge in [0.15, 0.2) is 0 Å². The van der Waals surface area contributed by atoms with Gasteiger partial charge in [-0.1, -0.05) is 30.3 Å². The molecule has 11 N–H and O–H groups in total. The summed E-state index contributed by atoms with van der Waals surface area (Å²) in [5, 5.41) is 25.7. The molecular weight excluding hydrogens is 512 g/mol. The Hall–Kier alpha value is -4.04. The number of carboxylic acid groups (broad SMARTS) is 2. The lowest BCUT2D eigenvalue weighted by atomic mass is 10.0. The molecule has 0 radical (unpaired) electrons. The van der Waals surface area contributed by atoms with E-state index >= 15 is 0 Å². The van der Waals surface area contributed by atoms with Crippen LogP contribution in [0.2, 0.25) is 0 Å². The van der Waals surface area contributed by atoms with E-state index < -0.39 is 59.7 Å². The van der Waals surface area contributed by atoms with Gasteiger partial charge in [-0.3, -0.25) is 24.0 Å². The smallest absolute Gasteiger partial charge is 0.326 e. The maximum absolute atomic E-state index is 13.2. The molecule has 0 aromatic heterocycles. The Morgan fingerprint density at radius 1 is 0.744 bits per heavy atom. The minimum atomic E-state index is -1.33. The Labute approximate surface area is 226 Å². The second-order valence-electron chi connectivity index (χ2n) is 9.04. The van der Waals surface area contributed by atoms with E-state index in [1.165, 1.54) is 0 Å². The zero-order chi connectivity index (χ0) is 29.4. The largest absolute Gasteiger partial charge is 0.481 e. The molecule has 1 aromatic rings. The zero-order valence-corrected chi connectivity index (χ0v) is 21.6. The Bertz CT molecular complexity index is 990. The highest BCUT2D eigenvalue weighted by molar-refractivity contribution is 5.94. The number of carbonyl (C=O) groups excluding carboxylic acids is 4. The molecule has 0 bridgehead atoms. The fourth-order valence-corrected chi connectivity index (χ4v) is 3.60. The summed E-state index contributed by atoms with van der Waals surface area (Å²) in [6.45, 7) is 0.366. The van der Waals surface area contributed by atoms with Crippen LogP contribution in [0.1, 0.15) is 50.5 Å². The number of aliphatic carboxylic acids is 2. The molecule has 1 rings (SSSR count). The quantitative estimate of drug-likeness (QED) is 0.0910. The lowest BCUT2D eigenvalue weighted by molar-refractivity contribution is -0.142. The molecule has 0 spiro atoms. The number of hydrogen-bond acceptors (Lipinski definition) is 8.